The summed E-state index contributed by atoms with van der Waals surface area (Å²) < 4.78 is 6.83. The van der Waals surface area contributed by atoms with E-state index in [4.69, 9.17) is 4.42 Å². The fraction of sp³-hybridized carbons (Fsp3) is 0.158. The van der Waals surface area contributed by atoms with E-state index in [9.17, 15) is 0 Å². The lowest BCUT2D eigenvalue weighted by atomic mass is 9.42. The minimum Gasteiger partial charge on any atom is -0.456 e. The molecule has 5 heteroatoms. The zero-order valence-electron chi connectivity index (χ0n) is 36.4. The molecule has 298 valence electrons. The minimum absolute atomic E-state index is 0.0302. The summed E-state index contributed by atoms with van der Waals surface area (Å²) in [6.45, 7) is 16.8. The molecule has 0 atom stereocenters. The Kier molecular flexibility index (Phi) is 7.04. The molecule has 0 fully saturated rings. The highest BCUT2D eigenvalue weighted by Crippen LogP contribution is 2.58. The molecule has 62 heavy (non-hydrogen) atoms. The molecule has 1 aromatic heterocycles. The van der Waals surface area contributed by atoms with E-state index < -0.39 is 8.07 Å². The van der Waals surface area contributed by atoms with Crippen LogP contribution in [0.3, 0.4) is 0 Å². The van der Waals surface area contributed by atoms with Gasteiger partial charge in [0.25, 0.3) is 0 Å². The van der Waals surface area contributed by atoms with Crippen LogP contribution in [0, 0.1) is 0 Å². The molecule has 4 heterocycles. The van der Waals surface area contributed by atoms with E-state index in [2.05, 4.69) is 215 Å². The lowest BCUT2D eigenvalue weighted by Gasteiger charge is -2.51. The van der Waals surface area contributed by atoms with Gasteiger partial charge in [0.15, 0.2) is 0 Å². The van der Waals surface area contributed by atoms with Crippen molar-refractivity contribution in [2.75, 3.05) is 9.71 Å². The Morgan fingerprint density at radius 1 is 0.548 bits per heavy atom. The third-order valence-electron chi connectivity index (χ3n) is 15.0. The molecule has 1 aliphatic carbocycles. The number of fused-ring (bicyclic) bond motifs is 14. The maximum Gasteiger partial charge on any atom is 0.333 e. The number of hydrogen-bond acceptors (Lipinski definition) is 3. The van der Waals surface area contributed by atoms with Gasteiger partial charge in [0.2, 0.25) is 0 Å². The van der Waals surface area contributed by atoms with Crippen LogP contribution in [-0.2, 0) is 10.8 Å². The summed E-state index contributed by atoms with van der Waals surface area (Å²) >= 11 is 0. The van der Waals surface area contributed by atoms with Crippen LogP contribution in [0.25, 0.3) is 55.3 Å². The van der Waals surface area contributed by atoms with Crippen molar-refractivity contribution in [1.29, 1.82) is 0 Å². The first-order valence-corrected chi connectivity index (χ1v) is 25.2. The molecule has 0 N–H and O–H groups in total. The van der Waals surface area contributed by atoms with Crippen LogP contribution in [0.2, 0.25) is 13.1 Å². The molecule has 3 nitrogen and oxygen atoms in total. The van der Waals surface area contributed by atoms with Crippen molar-refractivity contribution in [3.05, 3.63) is 174 Å². The highest BCUT2D eigenvalue weighted by Gasteiger charge is 2.53. The van der Waals surface area contributed by atoms with Crippen molar-refractivity contribution in [2.24, 2.45) is 0 Å². The van der Waals surface area contributed by atoms with E-state index in [-0.39, 0.29) is 17.7 Å². The summed E-state index contributed by atoms with van der Waals surface area (Å²) in [6, 6.07) is 59.9. The molecule has 8 aromatic carbocycles. The SMILES string of the molecule is CC(C)(C)c1ccc(N2c3cc4c(c5c3B(c3c2ccc2oc6ccccc6c32)N2c3ccccc3[Si](C)(C)c3cccc-5c32)-c2ccccc2C4(C)C)c(-c2ccccc2)c1. The first-order valence-electron chi connectivity index (χ1n) is 22.2. The van der Waals surface area contributed by atoms with Crippen LogP contribution < -0.4 is 31.0 Å². The Bertz CT molecular complexity index is 3430. The van der Waals surface area contributed by atoms with Gasteiger partial charge in [-0.1, -0.05) is 163 Å². The Balaban J connectivity index is 1.26. The smallest absolute Gasteiger partial charge is 0.333 e. The Hall–Kier alpha value is -6.56. The second-order valence-electron chi connectivity index (χ2n) is 20.0. The van der Waals surface area contributed by atoms with Gasteiger partial charge in [-0.15, -0.1) is 0 Å². The van der Waals surface area contributed by atoms with Crippen molar-refractivity contribution in [2.45, 2.75) is 58.5 Å². The summed E-state index contributed by atoms with van der Waals surface area (Å²) in [5.74, 6) is 0. The minimum atomic E-state index is -2.15. The predicted octanol–water partition coefficient (Wildman–Crippen LogP) is 12.7. The van der Waals surface area contributed by atoms with Crippen molar-refractivity contribution >= 4 is 86.6 Å². The van der Waals surface area contributed by atoms with E-state index in [1.807, 2.05) is 0 Å². The molecule has 0 saturated heterocycles. The average Bonchev–Trinajstić information content (AvgIpc) is 3.77. The molecule has 0 spiro atoms. The number of anilines is 5. The molecule has 0 unspecified atom stereocenters. The van der Waals surface area contributed by atoms with Gasteiger partial charge in [-0.3, -0.25) is 0 Å². The largest absolute Gasteiger partial charge is 0.456 e. The molecular weight excluding hydrogens is 768 g/mol. The van der Waals surface area contributed by atoms with Gasteiger partial charge in [0.1, 0.15) is 19.2 Å². The number of benzene rings is 8. The number of rotatable bonds is 2. The molecular formula is C57H47BN2OSi. The molecule has 13 rings (SSSR count). The summed E-state index contributed by atoms with van der Waals surface area (Å²) in [6.07, 6.45) is 0. The lowest BCUT2D eigenvalue weighted by Crippen LogP contribution is -2.68. The van der Waals surface area contributed by atoms with Crippen molar-refractivity contribution in [3.8, 4) is 33.4 Å². The third kappa shape index (κ3) is 4.51. The van der Waals surface area contributed by atoms with Crippen LogP contribution in [-0.4, -0.2) is 14.9 Å². The first-order chi connectivity index (χ1) is 29.9. The monoisotopic (exact) mass is 814 g/mol. The maximum absolute atomic E-state index is 6.83. The van der Waals surface area contributed by atoms with Crippen LogP contribution in [0.1, 0.15) is 51.3 Å². The van der Waals surface area contributed by atoms with Crippen LogP contribution >= 0.6 is 0 Å². The number of nitrogens with zero attached hydrogens (tertiary/aromatic N) is 2. The van der Waals surface area contributed by atoms with Gasteiger partial charge in [-0.05, 0) is 108 Å². The third-order valence-corrected chi connectivity index (χ3v) is 18.5. The molecule has 3 aliphatic heterocycles. The molecule has 4 aliphatic rings. The van der Waals surface area contributed by atoms with Gasteiger partial charge < -0.3 is 14.1 Å². The fourth-order valence-corrected chi connectivity index (χ4v) is 15.0. The van der Waals surface area contributed by atoms with Gasteiger partial charge >= 0.3 is 6.85 Å². The average molecular weight is 815 g/mol. The summed E-state index contributed by atoms with van der Waals surface area (Å²) in [4.78, 5) is 5.41. The van der Waals surface area contributed by atoms with Crippen LogP contribution in [0.5, 0.6) is 0 Å². The topological polar surface area (TPSA) is 19.6 Å². The highest BCUT2D eigenvalue weighted by molar-refractivity contribution is 7.05. The zero-order valence-corrected chi connectivity index (χ0v) is 37.4. The van der Waals surface area contributed by atoms with Crippen molar-refractivity contribution in [1.82, 2.24) is 0 Å². The summed E-state index contributed by atoms with van der Waals surface area (Å²) in [7, 11) is -2.15. The molecule has 0 bridgehead atoms. The summed E-state index contributed by atoms with van der Waals surface area (Å²) in [5.41, 5.74) is 22.6. The molecule has 0 radical (unpaired) electrons. The first kappa shape index (κ1) is 36.1. The van der Waals surface area contributed by atoms with E-state index >= 15 is 0 Å². The van der Waals surface area contributed by atoms with E-state index in [1.54, 1.807) is 0 Å². The maximum atomic E-state index is 6.83. The predicted molar refractivity (Wildman–Crippen MR) is 266 cm³/mol. The van der Waals surface area contributed by atoms with Crippen LogP contribution in [0.15, 0.2) is 162 Å². The quantitative estimate of drug-likeness (QED) is 0.162. The highest BCUT2D eigenvalue weighted by atomic mass is 28.3. The van der Waals surface area contributed by atoms with Crippen LogP contribution in [0.4, 0.5) is 28.4 Å². The Morgan fingerprint density at radius 3 is 2.10 bits per heavy atom. The number of furan rings is 1. The van der Waals surface area contributed by atoms with E-state index in [0.29, 0.717) is 0 Å². The second-order valence-corrected chi connectivity index (χ2v) is 24.4. The van der Waals surface area contributed by atoms with Crippen molar-refractivity contribution in [3.63, 3.8) is 0 Å². The second kappa shape index (κ2) is 12.1. The van der Waals surface area contributed by atoms with E-state index in [1.165, 1.54) is 105 Å². The van der Waals surface area contributed by atoms with Gasteiger partial charge in [-0.25, -0.2) is 0 Å². The molecule has 0 amide bonds. The Morgan fingerprint density at radius 2 is 1.26 bits per heavy atom. The molecule has 9 aromatic rings. The fourth-order valence-electron chi connectivity index (χ4n) is 12.0. The zero-order chi connectivity index (χ0) is 42.0. The van der Waals surface area contributed by atoms with Gasteiger partial charge in [0.05, 0.1) is 5.69 Å². The Labute approximate surface area is 365 Å². The van der Waals surface area contributed by atoms with E-state index in [0.717, 1.165) is 16.6 Å². The lowest BCUT2D eigenvalue weighted by molar-refractivity contribution is 0.590. The summed E-state index contributed by atoms with van der Waals surface area (Å²) in [5, 5.41) is 5.34. The van der Waals surface area contributed by atoms with Gasteiger partial charge in [-0.2, -0.15) is 0 Å². The standard InChI is InChI=1S/C57H47BN2OSi/c1-56(2,3)35-28-29-42(39(32-35)34-18-9-8-10-19-34)59-44-30-31-47-51(37-21-12-15-25-46(37)61-47)53(44)58-54-45(59)33-41-50(36-20-11-13-23-40(36)57(41,4)5)52(54)38-22-17-27-49-55(38)60(58)43-24-14-16-26-48(43)62(49,6)7/h8-33H,1-7H3. The van der Waals surface area contributed by atoms with Crippen molar-refractivity contribution < 1.29 is 4.42 Å². The number of hydrogen-bond donors (Lipinski definition) is 0. The normalized spacial score (nSPS) is 15.8. The van der Waals surface area contributed by atoms with Gasteiger partial charge in [0, 0.05) is 50.1 Å². The number of para-hydroxylation sites is 3. The molecule has 0 saturated carbocycles.